The lowest BCUT2D eigenvalue weighted by Crippen LogP contribution is -2.34. The first-order chi connectivity index (χ1) is 8.96. The van der Waals surface area contributed by atoms with Crippen molar-refractivity contribution in [3.8, 4) is 0 Å². The van der Waals surface area contributed by atoms with Gasteiger partial charge >= 0.3 is 0 Å². The number of rotatable bonds is 3. The van der Waals surface area contributed by atoms with E-state index in [1.165, 1.54) is 24.3 Å². The highest BCUT2D eigenvalue weighted by Crippen LogP contribution is 2.32. The first kappa shape index (κ1) is 14.5. The zero-order valence-corrected chi connectivity index (χ0v) is 12.0. The molecule has 0 saturated carbocycles. The molecule has 0 amide bonds. The minimum atomic E-state index is -3.82. The third-order valence-corrected chi connectivity index (χ3v) is 5.47. The van der Waals surface area contributed by atoms with Gasteiger partial charge in [-0.15, -0.1) is 0 Å². The molecular formula is C11H10Cl2N2O3S. The number of isocyanates is 1. The Morgan fingerprint density at radius 3 is 2.79 bits per heavy atom. The Hall–Kier alpha value is -0.910. The molecular weight excluding hydrogens is 311 g/mol. The van der Waals surface area contributed by atoms with Crippen molar-refractivity contribution in [1.29, 1.82) is 0 Å². The standard InChI is InChI=1S/C11H10Cl2N2O3S/c12-8-3-4-9(13)10(6-8)19(17,18)15-5-1-2-11(15)14-7-16/h3-4,6,11H,1-2,5H2. The van der Waals surface area contributed by atoms with Crippen LogP contribution in [0.2, 0.25) is 10.0 Å². The largest absolute Gasteiger partial charge is 0.246 e. The van der Waals surface area contributed by atoms with Crippen molar-refractivity contribution in [2.45, 2.75) is 23.9 Å². The van der Waals surface area contributed by atoms with E-state index in [1.54, 1.807) is 0 Å². The summed E-state index contributed by atoms with van der Waals surface area (Å²) in [5.41, 5.74) is 0. The van der Waals surface area contributed by atoms with Crippen molar-refractivity contribution in [2.24, 2.45) is 4.99 Å². The van der Waals surface area contributed by atoms with Crippen molar-refractivity contribution < 1.29 is 13.2 Å². The van der Waals surface area contributed by atoms with Gasteiger partial charge in [0.1, 0.15) is 11.1 Å². The van der Waals surface area contributed by atoms with E-state index in [1.807, 2.05) is 0 Å². The number of hydrogen-bond donors (Lipinski definition) is 0. The molecule has 19 heavy (non-hydrogen) atoms. The first-order valence-electron chi connectivity index (χ1n) is 5.50. The average molecular weight is 321 g/mol. The lowest BCUT2D eigenvalue weighted by molar-refractivity contribution is 0.396. The van der Waals surface area contributed by atoms with E-state index in [-0.39, 0.29) is 14.9 Å². The van der Waals surface area contributed by atoms with Crippen LogP contribution in [-0.2, 0) is 14.8 Å². The summed E-state index contributed by atoms with van der Waals surface area (Å²) in [7, 11) is -3.82. The molecule has 0 aromatic heterocycles. The quantitative estimate of drug-likeness (QED) is 0.634. The lowest BCUT2D eigenvalue weighted by atomic mass is 10.3. The van der Waals surface area contributed by atoms with Gasteiger partial charge in [0.2, 0.25) is 16.1 Å². The minimum Gasteiger partial charge on any atom is -0.211 e. The maximum Gasteiger partial charge on any atom is 0.246 e. The molecule has 1 aromatic rings. The number of nitrogens with zero attached hydrogens (tertiary/aromatic N) is 2. The number of aliphatic imine (C=N–C) groups is 1. The second kappa shape index (κ2) is 5.61. The smallest absolute Gasteiger partial charge is 0.211 e. The zero-order valence-electron chi connectivity index (χ0n) is 9.71. The summed E-state index contributed by atoms with van der Waals surface area (Å²) in [4.78, 5) is 13.8. The minimum absolute atomic E-state index is 0.0744. The van der Waals surface area contributed by atoms with E-state index in [0.29, 0.717) is 19.4 Å². The molecule has 1 saturated heterocycles. The van der Waals surface area contributed by atoms with Gasteiger partial charge in [0, 0.05) is 11.6 Å². The van der Waals surface area contributed by atoms with Gasteiger partial charge in [0.25, 0.3) is 0 Å². The highest BCUT2D eigenvalue weighted by atomic mass is 35.5. The van der Waals surface area contributed by atoms with Crippen LogP contribution in [-0.4, -0.2) is 31.5 Å². The van der Waals surface area contributed by atoms with Gasteiger partial charge in [-0.3, -0.25) is 0 Å². The maximum absolute atomic E-state index is 12.5. The Morgan fingerprint density at radius 2 is 2.11 bits per heavy atom. The highest BCUT2D eigenvalue weighted by molar-refractivity contribution is 7.89. The summed E-state index contributed by atoms with van der Waals surface area (Å²) >= 11 is 11.7. The number of halogens is 2. The van der Waals surface area contributed by atoms with Crippen LogP contribution >= 0.6 is 23.2 Å². The van der Waals surface area contributed by atoms with Gasteiger partial charge in [-0.05, 0) is 31.0 Å². The van der Waals surface area contributed by atoms with Crippen LogP contribution in [0.4, 0.5) is 0 Å². The number of carbonyl (C=O) groups excluding carboxylic acids is 1. The summed E-state index contributed by atoms with van der Waals surface area (Å²) < 4.78 is 26.1. The van der Waals surface area contributed by atoms with Crippen LogP contribution in [0, 0.1) is 0 Å². The average Bonchev–Trinajstić information content (AvgIpc) is 2.81. The molecule has 0 bridgehead atoms. The SMILES string of the molecule is O=C=NC1CCCN1S(=O)(=O)c1cc(Cl)ccc1Cl. The summed E-state index contributed by atoms with van der Waals surface area (Å²) in [6.07, 6.45) is 1.81. The van der Waals surface area contributed by atoms with Crippen LogP contribution in [0.5, 0.6) is 0 Å². The molecule has 0 aliphatic carbocycles. The monoisotopic (exact) mass is 320 g/mol. The van der Waals surface area contributed by atoms with Crippen molar-refractivity contribution in [1.82, 2.24) is 4.31 Å². The second-order valence-corrected chi connectivity index (χ2v) is 6.74. The predicted octanol–water partition coefficient (Wildman–Crippen LogP) is 2.44. The lowest BCUT2D eigenvalue weighted by Gasteiger charge is -2.20. The van der Waals surface area contributed by atoms with Crippen LogP contribution in [0.25, 0.3) is 0 Å². The van der Waals surface area contributed by atoms with E-state index in [2.05, 4.69) is 4.99 Å². The third-order valence-electron chi connectivity index (χ3n) is 2.85. The summed E-state index contributed by atoms with van der Waals surface area (Å²) in [5, 5.41) is 0.364. The number of sulfonamides is 1. The van der Waals surface area contributed by atoms with E-state index in [0.717, 1.165) is 4.31 Å². The fourth-order valence-corrected chi connectivity index (χ4v) is 4.33. The van der Waals surface area contributed by atoms with Crippen LogP contribution in [0.15, 0.2) is 28.1 Å². The zero-order chi connectivity index (χ0) is 14.0. The Kier molecular flexibility index (Phi) is 4.28. The summed E-state index contributed by atoms with van der Waals surface area (Å²) in [6.45, 7) is 0.293. The van der Waals surface area contributed by atoms with E-state index >= 15 is 0 Å². The molecule has 8 heteroatoms. The molecule has 1 aliphatic rings. The second-order valence-electron chi connectivity index (χ2n) is 4.03. The number of benzene rings is 1. The molecule has 1 aromatic carbocycles. The molecule has 0 N–H and O–H groups in total. The topological polar surface area (TPSA) is 66.8 Å². The van der Waals surface area contributed by atoms with Crippen molar-refractivity contribution >= 4 is 39.3 Å². The van der Waals surface area contributed by atoms with Gasteiger partial charge in [0.15, 0.2) is 0 Å². The molecule has 0 spiro atoms. The molecule has 5 nitrogen and oxygen atoms in total. The summed E-state index contributed by atoms with van der Waals surface area (Å²) in [6, 6.07) is 4.22. The Balaban J connectivity index is 2.47. The molecule has 0 radical (unpaired) electrons. The predicted molar refractivity (Wildman–Crippen MR) is 71.5 cm³/mol. The molecule has 102 valence electrons. The van der Waals surface area contributed by atoms with Crippen LogP contribution in [0.1, 0.15) is 12.8 Å². The molecule has 1 unspecified atom stereocenters. The van der Waals surface area contributed by atoms with Crippen LogP contribution in [0.3, 0.4) is 0 Å². The molecule has 1 atom stereocenters. The van der Waals surface area contributed by atoms with Gasteiger partial charge in [-0.25, -0.2) is 13.2 Å². The van der Waals surface area contributed by atoms with Gasteiger partial charge in [0.05, 0.1) is 5.02 Å². The number of hydrogen-bond acceptors (Lipinski definition) is 4. The van der Waals surface area contributed by atoms with Crippen molar-refractivity contribution in [3.05, 3.63) is 28.2 Å². The van der Waals surface area contributed by atoms with Gasteiger partial charge < -0.3 is 0 Å². The van der Waals surface area contributed by atoms with Gasteiger partial charge in [-0.1, -0.05) is 23.2 Å². The fourth-order valence-electron chi connectivity index (χ4n) is 1.99. The Bertz CT molecular complexity index is 641. The van der Waals surface area contributed by atoms with Crippen LogP contribution < -0.4 is 0 Å². The van der Waals surface area contributed by atoms with E-state index < -0.39 is 16.2 Å². The van der Waals surface area contributed by atoms with E-state index in [4.69, 9.17) is 23.2 Å². The third kappa shape index (κ3) is 2.83. The Morgan fingerprint density at radius 1 is 1.37 bits per heavy atom. The first-order valence-corrected chi connectivity index (χ1v) is 7.70. The molecule has 1 heterocycles. The highest BCUT2D eigenvalue weighted by Gasteiger charge is 2.36. The summed E-state index contributed by atoms with van der Waals surface area (Å²) in [5.74, 6) is 0. The Labute approximate surface area is 120 Å². The maximum atomic E-state index is 12.5. The van der Waals surface area contributed by atoms with Crippen molar-refractivity contribution in [3.63, 3.8) is 0 Å². The fraction of sp³-hybridized carbons (Fsp3) is 0.364. The normalized spacial score (nSPS) is 20.2. The van der Waals surface area contributed by atoms with Crippen molar-refractivity contribution in [2.75, 3.05) is 6.54 Å². The van der Waals surface area contributed by atoms with E-state index in [9.17, 15) is 13.2 Å². The molecule has 1 aliphatic heterocycles. The van der Waals surface area contributed by atoms with Gasteiger partial charge in [-0.2, -0.15) is 9.30 Å². The molecule has 2 rings (SSSR count). The molecule has 1 fully saturated rings.